The van der Waals surface area contributed by atoms with E-state index < -0.39 is 30.8 Å². The normalized spacial score (nSPS) is 60.7. The van der Waals surface area contributed by atoms with Gasteiger partial charge in [-0.05, 0) is 99.7 Å². The summed E-state index contributed by atoms with van der Waals surface area (Å²) < 4.78 is 66.9. The van der Waals surface area contributed by atoms with Gasteiger partial charge in [-0.1, -0.05) is 0 Å². The summed E-state index contributed by atoms with van der Waals surface area (Å²) in [5.41, 5.74) is -1.09. The highest BCUT2D eigenvalue weighted by molar-refractivity contribution is 7.91. The van der Waals surface area contributed by atoms with Crippen molar-refractivity contribution in [3.8, 4) is 0 Å². The Morgan fingerprint density at radius 3 is 1.41 bits per heavy atom. The SMILES string of the molecule is O=S1(=O)CC2(OS(=O)(=O)C3(O1)C1CC4CC(C1)CC3C4)C1CC3CC(C1)CC2C3. The van der Waals surface area contributed by atoms with Crippen LogP contribution in [0.3, 0.4) is 0 Å². The maximum absolute atomic E-state index is 14.0. The molecule has 9 rings (SSSR count). The molecule has 1 saturated heterocycles. The van der Waals surface area contributed by atoms with Crippen LogP contribution < -0.4 is 0 Å². The lowest BCUT2D eigenvalue weighted by Crippen LogP contribution is -2.65. The third-order valence-electron chi connectivity index (χ3n) is 10.1. The van der Waals surface area contributed by atoms with Gasteiger partial charge < -0.3 is 0 Å². The average Bonchev–Trinajstić information content (AvgIpc) is 2.67. The summed E-state index contributed by atoms with van der Waals surface area (Å²) >= 11 is 0. The Morgan fingerprint density at radius 1 is 0.552 bits per heavy atom. The Morgan fingerprint density at radius 2 is 0.966 bits per heavy atom. The third kappa shape index (κ3) is 2.25. The number of hydrogen-bond acceptors (Lipinski definition) is 6. The standard InChI is InChI=1S/C21H30O6S2/c22-28(23)11-20(16-3-12-1-13(5-16)6-17(20)4-12)26-29(24,25)21(27-28)18-7-14-2-15(9-18)10-19(21)8-14/h12-19H,1-11H2. The minimum absolute atomic E-state index is 0.0267. The van der Waals surface area contributed by atoms with Crippen molar-refractivity contribution in [1.82, 2.24) is 0 Å². The Labute approximate surface area is 173 Å². The second kappa shape index (κ2) is 5.41. The third-order valence-corrected chi connectivity index (χ3v) is 13.6. The van der Waals surface area contributed by atoms with Crippen LogP contribution in [-0.2, 0) is 28.6 Å². The fraction of sp³-hybridized carbons (Fsp3) is 1.00. The van der Waals surface area contributed by atoms with Gasteiger partial charge in [-0.3, -0.25) is 4.18 Å². The highest BCUT2D eigenvalue weighted by Gasteiger charge is 2.72. The van der Waals surface area contributed by atoms with E-state index in [1.165, 1.54) is 6.42 Å². The first-order valence-electron chi connectivity index (χ1n) is 11.6. The van der Waals surface area contributed by atoms with E-state index in [4.69, 9.17) is 8.37 Å². The fourth-order valence-electron chi connectivity index (χ4n) is 9.58. The van der Waals surface area contributed by atoms with Crippen LogP contribution in [0.25, 0.3) is 0 Å². The molecular weight excluding hydrogens is 412 g/mol. The van der Waals surface area contributed by atoms with Crippen molar-refractivity contribution in [1.29, 1.82) is 0 Å². The predicted molar refractivity (Wildman–Crippen MR) is 104 cm³/mol. The van der Waals surface area contributed by atoms with Crippen LogP contribution in [0.2, 0.25) is 0 Å². The summed E-state index contributed by atoms with van der Waals surface area (Å²) in [4.78, 5) is -1.67. The van der Waals surface area contributed by atoms with Crippen LogP contribution in [0.1, 0.15) is 64.2 Å². The minimum atomic E-state index is -4.17. The Bertz CT molecular complexity index is 911. The summed E-state index contributed by atoms with van der Waals surface area (Å²) in [5, 5.41) is 0. The van der Waals surface area contributed by atoms with Gasteiger partial charge in [0.15, 0.2) is 0 Å². The summed E-state index contributed by atoms with van der Waals surface area (Å²) in [6.07, 6.45) is 9.03. The first-order valence-corrected chi connectivity index (χ1v) is 14.6. The van der Waals surface area contributed by atoms with Gasteiger partial charge in [-0.2, -0.15) is 16.8 Å². The van der Waals surface area contributed by atoms with E-state index in [-0.39, 0.29) is 29.4 Å². The minimum Gasteiger partial charge on any atom is -0.259 e. The van der Waals surface area contributed by atoms with Gasteiger partial charge in [-0.25, -0.2) is 4.18 Å². The van der Waals surface area contributed by atoms with Crippen LogP contribution in [0, 0.1) is 47.3 Å². The van der Waals surface area contributed by atoms with Gasteiger partial charge in [0.05, 0.1) is 0 Å². The van der Waals surface area contributed by atoms with Gasteiger partial charge >= 0.3 is 0 Å². The van der Waals surface area contributed by atoms with Gasteiger partial charge in [0.1, 0.15) is 11.4 Å². The van der Waals surface area contributed by atoms with Crippen molar-refractivity contribution in [3.63, 3.8) is 0 Å². The molecule has 162 valence electrons. The second-order valence-corrected chi connectivity index (χ2v) is 14.9. The molecule has 0 unspecified atom stereocenters. The van der Waals surface area contributed by atoms with Crippen LogP contribution in [0.15, 0.2) is 0 Å². The van der Waals surface area contributed by atoms with Crippen LogP contribution in [0.5, 0.6) is 0 Å². The van der Waals surface area contributed by atoms with E-state index in [2.05, 4.69) is 0 Å². The van der Waals surface area contributed by atoms with E-state index >= 15 is 0 Å². The molecule has 6 nitrogen and oxygen atoms in total. The molecule has 0 amide bonds. The van der Waals surface area contributed by atoms with Gasteiger partial charge in [0, 0.05) is 11.8 Å². The number of hydrogen-bond donors (Lipinski definition) is 0. The molecule has 9 fully saturated rings. The molecule has 0 aromatic rings. The summed E-state index contributed by atoms with van der Waals surface area (Å²) in [6, 6.07) is 0. The molecule has 0 atom stereocenters. The lowest BCUT2D eigenvalue weighted by Gasteiger charge is -2.60. The van der Waals surface area contributed by atoms with Crippen molar-refractivity contribution in [2.75, 3.05) is 5.75 Å². The molecule has 9 aliphatic rings. The van der Waals surface area contributed by atoms with Gasteiger partial charge in [0.25, 0.3) is 20.2 Å². The molecule has 8 saturated carbocycles. The molecule has 8 heteroatoms. The fourth-order valence-corrected chi connectivity index (χ4v) is 14.2. The van der Waals surface area contributed by atoms with E-state index in [9.17, 15) is 16.8 Å². The van der Waals surface area contributed by atoms with Crippen LogP contribution in [-0.4, -0.2) is 33.1 Å². The van der Waals surface area contributed by atoms with Crippen molar-refractivity contribution >= 4 is 20.2 Å². The smallest absolute Gasteiger partial charge is 0.259 e. The van der Waals surface area contributed by atoms with E-state index in [1.54, 1.807) is 0 Å². The maximum atomic E-state index is 14.0. The zero-order valence-corrected chi connectivity index (χ0v) is 18.3. The highest BCUT2D eigenvalue weighted by Crippen LogP contribution is 2.66. The molecule has 0 N–H and O–H groups in total. The maximum Gasteiger partial charge on any atom is 0.300 e. The summed E-state index contributed by atoms with van der Waals surface area (Å²) in [5.74, 6) is 1.54. The first kappa shape index (κ1) is 18.4. The molecule has 8 aliphatic carbocycles. The lowest BCUT2D eigenvalue weighted by atomic mass is 9.50. The molecule has 2 spiro atoms. The summed E-state index contributed by atoms with van der Waals surface area (Å²) in [7, 11) is -8.17. The topological polar surface area (TPSA) is 86.7 Å². The number of rotatable bonds is 0. The van der Waals surface area contributed by atoms with Gasteiger partial charge in [0.2, 0.25) is 4.93 Å². The van der Waals surface area contributed by atoms with Gasteiger partial charge in [-0.15, -0.1) is 0 Å². The van der Waals surface area contributed by atoms with Crippen LogP contribution in [0.4, 0.5) is 0 Å². The molecule has 1 aliphatic heterocycles. The summed E-state index contributed by atoms with van der Waals surface area (Å²) in [6.45, 7) is 0. The average molecular weight is 443 g/mol. The Balaban J connectivity index is 1.37. The van der Waals surface area contributed by atoms with Crippen molar-refractivity contribution in [2.45, 2.75) is 74.7 Å². The van der Waals surface area contributed by atoms with Crippen molar-refractivity contribution < 1.29 is 25.2 Å². The van der Waals surface area contributed by atoms with E-state index in [1.807, 2.05) is 0 Å². The molecule has 8 bridgehead atoms. The van der Waals surface area contributed by atoms with E-state index in [0.717, 1.165) is 57.8 Å². The highest BCUT2D eigenvalue weighted by atomic mass is 32.2. The zero-order valence-electron chi connectivity index (χ0n) is 16.7. The largest absolute Gasteiger partial charge is 0.300 e. The van der Waals surface area contributed by atoms with Crippen molar-refractivity contribution in [2.24, 2.45) is 47.3 Å². The van der Waals surface area contributed by atoms with Crippen molar-refractivity contribution in [3.05, 3.63) is 0 Å². The first-order chi connectivity index (χ1) is 13.7. The monoisotopic (exact) mass is 442 g/mol. The Hall–Kier alpha value is -0.180. The Kier molecular flexibility index (Phi) is 3.43. The second-order valence-electron chi connectivity index (χ2n) is 11.6. The predicted octanol–water partition coefficient (Wildman–Crippen LogP) is 3.04. The van der Waals surface area contributed by atoms with Crippen LogP contribution >= 0.6 is 0 Å². The lowest BCUT2D eigenvalue weighted by molar-refractivity contribution is -0.146. The molecule has 1 heterocycles. The van der Waals surface area contributed by atoms with E-state index in [0.29, 0.717) is 23.7 Å². The zero-order chi connectivity index (χ0) is 19.8. The quantitative estimate of drug-likeness (QED) is 0.536. The molecule has 0 aromatic carbocycles. The molecule has 0 radical (unpaired) electrons. The molecule has 0 aromatic heterocycles. The molecular formula is C21H30O6S2. The molecule has 29 heavy (non-hydrogen) atoms.